The normalized spacial score (nSPS) is 23.3. The van der Waals surface area contributed by atoms with E-state index in [0.29, 0.717) is 24.5 Å². The lowest BCUT2D eigenvalue weighted by Gasteiger charge is -2.31. The lowest BCUT2D eigenvalue weighted by Crippen LogP contribution is -2.34. The number of imide groups is 1. The number of hydrogen-bond donors (Lipinski definition) is 2. The number of aryl methyl sites for hydroxylation is 2. The topological polar surface area (TPSA) is 78.9 Å². The molecule has 0 spiro atoms. The molecule has 3 aromatic rings. The van der Waals surface area contributed by atoms with Gasteiger partial charge in [0.05, 0.1) is 30.2 Å². The monoisotopic (exact) mass is 590 g/mol. The summed E-state index contributed by atoms with van der Waals surface area (Å²) in [5.74, 6) is -0.577. The van der Waals surface area contributed by atoms with Gasteiger partial charge in [-0.05, 0) is 117 Å². The molecule has 4 atom stereocenters. The van der Waals surface area contributed by atoms with Gasteiger partial charge in [0.2, 0.25) is 11.8 Å². The number of amides is 2. The molecule has 6 nitrogen and oxygen atoms in total. The minimum absolute atomic E-state index is 0.0329. The minimum Gasteiger partial charge on any atom is -0.507 e. The van der Waals surface area contributed by atoms with Crippen molar-refractivity contribution < 1.29 is 19.4 Å². The highest BCUT2D eigenvalue weighted by molar-refractivity contribution is 6.22. The Kier molecular flexibility index (Phi) is 8.46. The zero-order valence-corrected chi connectivity index (χ0v) is 26.1. The Morgan fingerprint density at radius 2 is 1.66 bits per heavy atom. The molecule has 228 valence electrons. The summed E-state index contributed by atoms with van der Waals surface area (Å²) < 4.78 is 6.43. The number of anilines is 3. The zero-order valence-electron chi connectivity index (χ0n) is 26.1. The van der Waals surface area contributed by atoms with Crippen molar-refractivity contribution in [2.75, 3.05) is 16.8 Å². The molecule has 3 aromatic carbocycles. The van der Waals surface area contributed by atoms with E-state index in [2.05, 4.69) is 25.2 Å². The highest BCUT2D eigenvalue weighted by atomic mass is 16.5. The third-order valence-electron chi connectivity index (χ3n) is 9.48. The van der Waals surface area contributed by atoms with Gasteiger partial charge in [0, 0.05) is 17.3 Å². The molecule has 6 rings (SSSR count). The van der Waals surface area contributed by atoms with Crippen molar-refractivity contribution in [1.29, 1.82) is 0 Å². The van der Waals surface area contributed by atoms with Gasteiger partial charge in [-0.15, -0.1) is 0 Å². The summed E-state index contributed by atoms with van der Waals surface area (Å²) in [7, 11) is 0. The van der Waals surface area contributed by atoms with E-state index >= 15 is 0 Å². The molecule has 2 aliphatic heterocycles. The summed E-state index contributed by atoms with van der Waals surface area (Å²) in [5.41, 5.74) is 9.19. The van der Waals surface area contributed by atoms with E-state index in [4.69, 9.17) is 4.74 Å². The van der Waals surface area contributed by atoms with Crippen LogP contribution in [0.5, 0.6) is 5.75 Å². The Morgan fingerprint density at radius 3 is 2.34 bits per heavy atom. The molecular formula is C38H42N2O4. The summed E-state index contributed by atoms with van der Waals surface area (Å²) in [6, 6.07) is 21.5. The van der Waals surface area contributed by atoms with Gasteiger partial charge in [0.15, 0.2) is 0 Å². The van der Waals surface area contributed by atoms with Gasteiger partial charge < -0.3 is 15.2 Å². The summed E-state index contributed by atoms with van der Waals surface area (Å²) in [5, 5.41) is 13.5. The van der Waals surface area contributed by atoms with Crippen molar-refractivity contribution >= 4 is 35.0 Å². The van der Waals surface area contributed by atoms with Crippen LogP contribution in [0.3, 0.4) is 0 Å². The quantitative estimate of drug-likeness (QED) is 0.194. The number of aromatic hydroxyl groups is 1. The second-order valence-corrected chi connectivity index (χ2v) is 12.7. The standard InChI is InChI=1S/C38H42N2O4/c1-5-9-27-21-31-35(38(43)40(37(31)42)30-15-13-29(14-16-30)39-28-10-7-6-8-11-28)32-22-44-33(34(27)32)17-12-23(2)18-26-19-24(3)36(41)25(4)20-26/h6-8,10-11,13-16,18-20,31-33,35,39,41H,5,9,12,17,21-22H2,1-4H3/b23-18+/t31-,32+,33-,35-/m1/s1. The average molecular weight is 591 g/mol. The summed E-state index contributed by atoms with van der Waals surface area (Å²) >= 11 is 0. The van der Waals surface area contributed by atoms with Crippen LogP contribution in [0, 0.1) is 31.6 Å². The first-order valence-corrected chi connectivity index (χ1v) is 15.9. The molecular weight excluding hydrogens is 548 g/mol. The molecule has 2 fully saturated rings. The van der Waals surface area contributed by atoms with E-state index in [9.17, 15) is 14.7 Å². The summed E-state index contributed by atoms with van der Waals surface area (Å²) in [6.45, 7) is 8.65. The highest BCUT2D eigenvalue weighted by Crippen LogP contribution is 2.51. The van der Waals surface area contributed by atoms with E-state index < -0.39 is 0 Å². The smallest absolute Gasteiger partial charge is 0.238 e. The van der Waals surface area contributed by atoms with Crippen molar-refractivity contribution in [1.82, 2.24) is 0 Å². The molecule has 2 saturated heterocycles. The van der Waals surface area contributed by atoms with Gasteiger partial charge in [0.25, 0.3) is 0 Å². The van der Waals surface area contributed by atoms with Crippen molar-refractivity contribution in [2.24, 2.45) is 17.8 Å². The fraction of sp³-hybridized carbons (Fsp3) is 0.368. The molecule has 0 unspecified atom stereocenters. The number of phenolic OH excluding ortho intramolecular Hbond substituents is 1. The first-order chi connectivity index (χ1) is 21.2. The molecule has 3 aliphatic rings. The van der Waals surface area contributed by atoms with E-state index in [0.717, 1.165) is 53.7 Å². The number of nitrogens with one attached hydrogen (secondary N) is 1. The van der Waals surface area contributed by atoms with E-state index in [-0.39, 0.29) is 35.7 Å². The van der Waals surface area contributed by atoms with Crippen molar-refractivity contribution in [2.45, 2.75) is 65.9 Å². The second-order valence-electron chi connectivity index (χ2n) is 12.7. The molecule has 6 heteroatoms. The number of benzene rings is 3. The Morgan fingerprint density at radius 1 is 0.977 bits per heavy atom. The van der Waals surface area contributed by atoms with Crippen molar-refractivity contribution in [3.05, 3.63) is 100 Å². The van der Waals surface area contributed by atoms with Crippen LogP contribution in [-0.4, -0.2) is 29.6 Å². The van der Waals surface area contributed by atoms with Crippen molar-refractivity contribution in [3.8, 4) is 5.75 Å². The van der Waals surface area contributed by atoms with Crippen molar-refractivity contribution in [3.63, 3.8) is 0 Å². The van der Waals surface area contributed by atoms with Gasteiger partial charge in [-0.2, -0.15) is 0 Å². The number of para-hydroxylation sites is 1. The van der Waals surface area contributed by atoms with Gasteiger partial charge >= 0.3 is 0 Å². The maximum atomic E-state index is 14.0. The van der Waals surface area contributed by atoms with Gasteiger partial charge in [-0.1, -0.05) is 48.8 Å². The lowest BCUT2D eigenvalue weighted by molar-refractivity contribution is -0.122. The van der Waals surface area contributed by atoms with Crippen LogP contribution in [-0.2, 0) is 14.3 Å². The number of nitrogens with zero attached hydrogens (tertiary/aromatic N) is 1. The first kappa shape index (κ1) is 29.9. The second kappa shape index (κ2) is 12.4. The molecule has 0 radical (unpaired) electrons. The van der Waals surface area contributed by atoms with Gasteiger partial charge in [-0.25, -0.2) is 0 Å². The molecule has 0 aromatic heterocycles. The largest absolute Gasteiger partial charge is 0.507 e. The molecule has 1 aliphatic carbocycles. The number of rotatable bonds is 9. The zero-order chi connectivity index (χ0) is 31.0. The summed E-state index contributed by atoms with van der Waals surface area (Å²) in [6.07, 6.45) is 6.43. The number of fused-ring (bicyclic) bond motifs is 3. The number of hydrogen-bond acceptors (Lipinski definition) is 5. The number of carbonyl (C=O) groups excluding carboxylic acids is 2. The summed E-state index contributed by atoms with van der Waals surface area (Å²) in [4.78, 5) is 29.2. The third kappa shape index (κ3) is 5.71. The number of allylic oxidation sites excluding steroid dienone is 2. The number of carbonyl (C=O) groups is 2. The van der Waals surface area contributed by atoms with E-state index in [1.165, 1.54) is 21.6 Å². The fourth-order valence-corrected chi connectivity index (χ4v) is 7.44. The number of phenols is 1. The third-order valence-corrected chi connectivity index (χ3v) is 9.48. The Balaban J connectivity index is 1.18. The lowest BCUT2D eigenvalue weighted by atomic mass is 9.68. The maximum absolute atomic E-state index is 14.0. The Hall–Kier alpha value is -4.16. The van der Waals surface area contributed by atoms with Crippen LogP contribution < -0.4 is 10.2 Å². The molecule has 0 saturated carbocycles. The first-order valence-electron chi connectivity index (χ1n) is 15.9. The molecule has 44 heavy (non-hydrogen) atoms. The highest BCUT2D eigenvalue weighted by Gasteiger charge is 2.57. The predicted octanol–water partition coefficient (Wildman–Crippen LogP) is 8.26. The fourth-order valence-electron chi connectivity index (χ4n) is 7.44. The van der Waals surface area contributed by atoms with Crippen LogP contribution in [0.15, 0.2) is 83.4 Å². The molecule has 2 heterocycles. The number of ether oxygens (including phenoxy) is 1. The Labute approximate surface area is 260 Å². The Bertz CT molecular complexity index is 1600. The molecule has 2 N–H and O–H groups in total. The van der Waals surface area contributed by atoms with E-state index in [1.54, 1.807) is 0 Å². The van der Waals surface area contributed by atoms with Crippen LogP contribution in [0.4, 0.5) is 17.1 Å². The van der Waals surface area contributed by atoms with Crippen LogP contribution in [0.1, 0.15) is 62.6 Å². The maximum Gasteiger partial charge on any atom is 0.238 e. The average Bonchev–Trinajstić information content (AvgIpc) is 3.54. The SMILES string of the molecule is CCCC1=C2[C@@H](CC/C(C)=C/c3cc(C)c(O)c(C)c3)OC[C@@H]2[C@@H]2C(=O)N(c3ccc(Nc4ccccc4)cc3)C(=O)[C@@H]2C1. The molecule has 2 amide bonds. The van der Waals surface area contributed by atoms with Gasteiger partial charge in [-0.3, -0.25) is 14.5 Å². The minimum atomic E-state index is -0.371. The van der Waals surface area contributed by atoms with Crippen LogP contribution in [0.2, 0.25) is 0 Å². The predicted molar refractivity (Wildman–Crippen MR) is 176 cm³/mol. The van der Waals surface area contributed by atoms with Gasteiger partial charge in [0.1, 0.15) is 5.75 Å². The molecule has 0 bridgehead atoms. The van der Waals surface area contributed by atoms with Crippen LogP contribution >= 0.6 is 0 Å². The van der Waals surface area contributed by atoms with Crippen LogP contribution in [0.25, 0.3) is 6.08 Å². The van der Waals surface area contributed by atoms with E-state index in [1.807, 2.05) is 80.6 Å².